The second-order valence-corrected chi connectivity index (χ2v) is 8.63. The number of aliphatic carboxylic acids is 2. The van der Waals surface area contributed by atoms with Crippen LogP contribution in [0.3, 0.4) is 0 Å². The molecule has 2 rings (SSSR count). The van der Waals surface area contributed by atoms with Gasteiger partial charge < -0.3 is 20.7 Å². The summed E-state index contributed by atoms with van der Waals surface area (Å²) in [5.41, 5.74) is 3.80. The van der Waals surface area contributed by atoms with E-state index in [9.17, 15) is 24.2 Å². The van der Waals surface area contributed by atoms with E-state index in [1.807, 2.05) is 0 Å². The van der Waals surface area contributed by atoms with Crippen molar-refractivity contribution in [1.82, 2.24) is 0 Å². The van der Waals surface area contributed by atoms with Crippen LogP contribution >= 0.6 is 7.72 Å². The Bertz CT molecular complexity index is 658. The van der Waals surface area contributed by atoms with Gasteiger partial charge in [-0.25, -0.2) is 19.4 Å². The first-order valence-electron chi connectivity index (χ1n) is 7.67. The van der Waals surface area contributed by atoms with Crippen molar-refractivity contribution in [2.75, 3.05) is 6.16 Å². The smallest absolute Gasteiger partial charge is 0.356 e. The summed E-state index contributed by atoms with van der Waals surface area (Å²) in [6, 6.07) is -1.27. The number of nitrogens with two attached hydrogens (primary N) is 1. The number of ether oxygens (including phenoxy) is 1. The Morgan fingerprint density at radius 3 is 2.52 bits per heavy atom. The molecule has 0 amide bonds. The molecule has 0 bridgehead atoms. The molecule has 25 heavy (non-hydrogen) atoms. The molecule has 2 aliphatic carbocycles. The van der Waals surface area contributed by atoms with E-state index in [1.54, 1.807) is 6.08 Å². The first-order valence-corrected chi connectivity index (χ1v) is 9.55. The molecule has 0 aromatic heterocycles. The second-order valence-electron chi connectivity index (χ2n) is 6.31. The third kappa shape index (κ3) is 4.31. The summed E-state index contributed by atoms with van der Waals surface area (Å²) >= 11 is 0. The van der Waals surface area contributed by atoms with Gasteiger partial charge in [0.1, 0.15) is 12.2 Å². The maximum Gasteiger partial charge on any atom is 0.356 e. The molecule has 4 atom stereocenters. The van der Waals surface area contributed by atoms with Crippen molar-refractivity contribution >= 4 is 25.2 Å². The maximum atomic E-state index is 12.3. The zero-order valence-corrected chi connectivity index (χ0v) is 14.4. The van der Waals surface area contributed by atoms with Crippen LogP contribution in [0.1, 0.15) is 19.8 Å². The summed E-state index contributed by atoms with van der Waals surface area (Å²) in [7, 11) is -4.01. The van der Waals surface area contributed by atoms with E-state index in [-0.39, 0.29) is 17.9 Å². The normalized spacial score (nSPS) is 27.0. The third-order valence-electron chi connectivity index (χ3n) is 4.32. The fraction of sp³-hybridized carbons (Fsp3) is 0.533. The van der Waals surface area contributed by atoms with Crippen LogP contribution in [0.2, 0.25) is 0 Å². The second kappa shape index (κ2) is 6.93. The van der Waals surface area contributed by atoms with Crippen LogP contribution in [0.4, 0.5) is 0 Å². The van der Waals surface area contributed by atoms with Crippen molar-refractivity contribution in [3.8, 4) is 0 Å². The topological polar surface area (TPSA) is 167 Å². The van der Waals surface area contributed by atoms with Crippen LogP contribution in [0.25, 0.3) is 0 Å². The molecule has 138 valence electrons. The summed E-state index contributed by atoms with van der Waals surface area (Å²) in [5, 5.41) is 17.6. The fourth-order valence-corrected chi connectivity index (χ4v) is 4.03. The van der Waals surface area contributed by atoms with Crippen molar-refractivity contribution in [3.05, 3.63) is 23.8 Å². The molecule has 0 spiro atoms. The summed E-state index contributed by atoms with van der Waals surface area (Å²) < 4.78 is 5.49. The number of allylic oxidation sites excluding steroid dienone is 2. The van der Waals surface area contributed by atoms with Crippen LogP contribution < -0.4 is 5.73 Å². The number of carbonyl (C=O) groups excluding carboxylic acids is 1. The minimum atomic E-state index is -4.01. The number of hydrogen-bond acceptors (Lipinski definition) is 7. The van der Waals surface area contributed by atoms with E-state index in [0.29, 0.717) is 6.42 Å². The Morgan fingerprint density at radius 2 is 2.00 bits per heavy atom. The summed E-state index contributed by atoms with van der Waals surface area (Å²) in [4.78, 5) is 53.9. The highest BCUT2D eigenvalue weighted by atomic mass is 31.2. The van der Waals surface area contributed by atoms with E-state index in [2.05, 4.69) is 0 Å². The number of hydrogen-bond donors (Lipinski definition) is 5. The van der Waals surface area contributed by atoms with Gasteiger partial charge in [0.15, 0.2) is 6.10 Å². The molecule has 0 aromatic carbocycles. The molecule has 4 unspecified atom stereocenters. The number of carboxylic acid groups (broad SMARTS) is 2. The van der Waals surface area contributed by atoms with Crippen molar-refractivity contribution in [1.29, 1.82) is 0 Å². The highest BCUT2D eigenvalue weighted by molar-refractivity contribution is 7.81. The molecule has 10 heteroatoms. The Hall–Kier alpha value is -1.64. The van der Waals surface area contributed by atoms with E-state index in [4.69, 9.17) is 20.7 Å². The lowest BCUT2D eigenvalue weighted by Crippen LogP contribution is -2.32. The number of carboxylic acids is 2. The minimum absolute atomic E-state index is 0.104. The van der Waals surface area contributed by atoms with Gasteiger partial charge in [-0.05, 0) is 19.4 Å². The lowest BCUT2D eigenvalue weighted by Gasteiger charge is -2.20. The van der Waals surface area contributed by atoms with Gasteiger partial charge in [-0.2, -0.15) is 0 Å². The first kappa shape index (κ1) is 19.7. The number of carbonyl (C=O) groups is 3. The van der Waals surface area contributed by atoms with Crippen molar-refractivity contribution < 1.29 is 39.1 Å². The van der Waals surface area contributed by atoms with Gasteiger partial charge in [0.25, 0.3) is 0 Å². The molecular weight excluding hydrogens is 353 g/mol. The molecule has 0 radical (unpaired) electrons. The predicted molar refractivity (Wildman–Crippen MR) is 87.7 cm³/mol. The summed E-state index contributed by atoms with van der Waals surface area (Å²) in [5.74, 6) is -2.58. The van der Waals surface area contributed by atoms with Crippen molar-refractivity contribution in [3.63, 3.8) is 0 Å². The van der Waals surface area contributed by atoms with Gasteiger partial charge in [-0.15, -0.1) is 0 Å². The predicted octanol–water partition coefficient (Wildman–Crippen LogP) is -0.108. The van der Waals surface area contributed by atoms with Crippen LogP contribution in [-0.2, 0) is 19.1 Å². The molecular formula is C15H21NO8P+. The quantitative estimate of drug-likeness (QED) is 0.346. The van der Waals surface area contributed by atoms with Crippen LogP contribution in [0.15, 0.2) is 23.8 Å². The Balaban J connectivity index is 1.99. The van der Waals surface area contributed by atoms with Crippen LogP contribution in [-0.4, -0.2) is 61.4 Å². The SMILES string of the molecule is CC(OC12C=CC(C(=O)[P+](O)(O)CCC(N)C(=O)O)=CC1C2)C(=O)O. The lowest BCUT2D eigenvalue weighted by molar-refractivity contribution is -0.152. The van der Waals surface area contributed by atoms with E-state index >= 15 is 0 Å². The maximum absolute atomic E-state index is 12.3. The third-order valence-corrected chi connectivity index (χ3v) is 6.11. The standard InChI is InChI=1S/C15H20NO8P/c1-8(12(17)18)24-15-4-2-9(6-10(15)7-15)14(21)25(22,23)5-3-11(16)13(19)20/h2,4,6,8,10-11,22-23H,3,5,7,16H2,1H3,(H-,17,18,19,20)/p+1. The summed E-state index contributed by atoms with van der Waals surface area (Å²) in [6.45, 7) is 1.41. The minimum Gasteiger partial charge on any atom is -0.480 e. The van der Waals surface area contributed by atoms with Crippen molar-refractivity contribution in [2.45, 2.75) is 37.5 Å². The Morgan fingerprint density at radius 1 is 1.36 bits per heavy atom. The van der Waals surface area contributed by atoms with E-state index in [0.717, 1.165) is 0 Å². The van der Waals surface area contributed by atoms with E-state index < -0.39 is 49.1 Å². The van der Waals surface area contributed by atoms with Gasteiger partial charge >= 0.3 is 25.2 Å². The Labute approximate surface area is 144 Å². The largest absolute Gasteiger partial charge is 0.480 e. The van der Waals surface area contributed by atoms with Gasteiger partial charge in [0.05, 0.1) is 11.2 Å². The number of rotatable bonds is 9. The fourth-order valence-electron chi connectivity index (χ4n) is 2.63. The highest BCUT2D eigenvalue weighted by Gasteiger charge is 2.57. The van der Waals surface area contributed by atoms with Crippen LogP contribution in [0.5, 0.6) is 0 Å². The van der Waals surface area contributed by atoms with Gasteiger partial charge in [-0.3, -0.25) is 4.79 Å². The zero-order chi connectivity index (χ0) is 19.0. The molecule has 0 aliphatic heterocycles. The zero-order valence-electron chi connectivity index (χ0n) is 13.5. The molecule has 6 N–H and O–H groups in total. The first-order chi connectivity index (χ1) is 11.5. The van der Waals surface area contributed by atoms with Crippen LogP contribution in [0, 0.1) is 5.92 Å². The highest BCUT2D eigenvalue weighted by Crippen LogP contribution is 2.57. The molecule has 0 aromatic rings. The average Bonchev–Trinajstić information content (AvgIpc) is 3.24. The number of fused-ring (bicyclic) bond motifs is 1. The van der Waals surface area contributed by atoms with Gasteiger partial charge in [0, 0.05) is 12.3 Å². The lowest BCUT2D eigenvalue weighted by atomic mass is 10.1. The Kier molecular flexibility index (Phi) is 5.46. The molecule has 9 nitrogen and oxygen atoms in total. The molecule has 1 saturated carbocycles. The van der Waals surface area contributed by atoms with Gasteiger partial charge in [0.2, 0.25) is 0 Å². The summed E-state index contributed by atoms with van der Waals surface area (Å²) in [6.07, 6.45) is 3.35. The monoisotopic (exact) mass is 374 g/mol. The molecule has 2 aliphatic rings. The van der Waals surface area contributed by atoms with Crippen molar-refractivity contribution in [2.24, 2.45) is 11.7 Å². The molecule has 0 saturated heterocycles. The van der Waals surface area contributed by atoms with Gasteiger partial charge in [-0.1, -0.05) is 12.2 Å². The average molecular weight is 374 g/mol. The molecule has 1 fully saturated rings. The molecule has 0 heterocycles. The van der Waals surface area contributed by atoms with E-state index in [1.165, 1.54) is 19.1 Å².